The van der Waals surface area contributed by atoms with Gasteiger partial charge in [-0.05, 0) is 41.2 Å². The molecule has 0 aliphatic carbocycles. The highest BCUT2D eigenvalue weighted by atomic mass is 79.9. The number of benzene rings is 1. The van der Waals surface area contributed by atoms with Crippen LogP contribution in [-0.4, -0.2) is 17.0 Å². The van der Waals surface area contributed by atoms with Crippen LogP contribution in [0.5, 0.6) is 11.6 Å². The summed E-state index contributed by atoms with van der Waals surface area (Å²) in [7, 11) is 1.84. The minimum absolute atomic E-state index is 0.335. The van der Waals surface area contributed by atoms with Crippen LogP contribution < -0.4 is 10.1 Å². The molecule has 0 unspecified atom stereocenters. The average Bonchev–Trinajstić information content (AvgIpc) is 2.37. The molecule has 0 aliphatic heterocycles. The minimum atomic E-state index is -0.335. The molecule has 2 aromatic rings. The van der Waals surface area contributed by atoms with Crippen LogP contribution in [0.2, 0.25) is 0 Å². The highest BCUT2D eigenvalue weighted by Crippen LogP contribution is 2.24. The van der Waals surface area contributed by atoms with Gasteiger partial charge in [-0.15, -0.1) is 0 Å². The lowest BCUT2D eigenvalue weighted by atomic mass is 10.3. The first-order valence-corrected chi connectivity index (χ1v) is 6.07. The van der Waals surface area contributed by atoms with Gasteiger partial charge in [-0.2, -0.15) is 0 Å². The molecule has 0 amide bonds. The molecule has 18 heavy (non-hydrogen) atoms. The van der Waals surface area contributed by atoms with Crippen LogP contribution in [0.4, 0.5) is 4.39 Å². The fourth-order valence-corrected chi connectivity index (χ4v) is 1.69. The molecule has 0 radical (unpaired) electrons. The van der Waals surface area contributed by atoms with E-state index < -0.39 is 0 Å². The van der Waals surface area contributed by atoms with E-state index in [-0.39, 0.29) is 5.82 Å². The number of halogens is 2. The van der Waals surface area contributed by atoms with E-state index in [0.29, 0.717) is 22.6 Å². The molecule has 6 heteroatoms. The summed E-state index contributed by atoms with van der Waals surface area (Å²) in [6, 6.07) is 4.39. The van der Waals surface area contributed by atoms with Gasteiger partial charge in [-0.25, -0.2) is 9.37 Å². The summed E-state index contributed by atoms with van der Waals surface area (Å²) in [5.41, 5.74) is 0.824. The van der Waals surface area contributed by atoms with Gasteiger partial charge < -0.3 is 10.1 Å². The zero-order valence-electron chi connectivity index (χ0n) is 9.65. The molecule has 1 N–H and O–H groups in total. The fourth-order valence-electron chi connectivity index (χ4n) is 1.33. The minimum Gasteiger partial charge on any atom is -0.437 e. The Morgan fingerprint density at radius 3 is 2.78 bits per heavy atom. The van der Waals surface area contributed by atoms with Crippen molar-refractivity contribution in [1.82, 2.24) is 15.3 Å². The maximum absolute atomic E-state index is 13.0. The van der Waals surface area contributed by atoms with Crippen molar-refractivity contribution in [3.8, 4) is 11.6 Å². The standard InChI is InChI=1S/C12H11BrFN3O/c1-15-5-8-6-17-12(7-16-8)18-9-2-3-11(14)10(13)4-9/h2-4,6-7,15H,5H2,1H3. The van der Waals surface area contributed by atoms with Gasteiger partial charge in [0.2, 0.25) is 5.88 Å². The van der Waals surface area contributed by atoms with Crippen LogP contribution in [0.15, 0.2) is 35.1 Å². The molecule has 0 bridgehead atoms. The van der Waals surface area contributed by atoms with Gasteiger partial charge >= 0.3 is 0 Å². The number of ether oxygens (including phenoxy) is 1. The molecule has 0 saturated carbocycles. The first-order chi connectivity index (χ1) is 8.69. The molecule has 94 valence electrons. The van der Waals surface area contributed by atoms with Gasteiger partial charge in [0.1, 0.15) is 11.6 Å². The Hall–Kier alpha value is -1.53. The van der Waals surface area contributed by atoms with Gasteiger partial charge in [0, 0.05) is 6.54 Å². The Morgan fingerprint density at radius 1 is 1.33 bits per heavy atom. The molecule has 0 fully saturated rings. The highest BCUT2D eigenvalue weighted by Gasteiger charge is 2.04. The summed E-state index contributed by atoms with van der Waals surface area (Å²) in [4.78, 5) is 8.28. The maximum atomic E-state index is 13.0. The molecule has 1 aromatic heterocycles. The summed E-state index contributed by atoms with van der Waals surface area (Å²) in [5, 5.41) is 2.98. The molecular weight excluding hydrogens is 301 g/mol. The molecule has 4 nitrogen and oxygen atoms in total. The molecule has 2 rings (SSSR count). The summed E-state index contributed by atoms with van der Waals surface area (Å²) >= 11 is 3.09. The Labute approximate surface area is 112 Å². The predicted octanol–water partition coefficient (Wildman–Crippen LogP) is 2.89. The third-order valence-electron chi connectivity index (χ3n) is 2.15. The molecule has 0 saturated heterocycles. The molecule has 0 aliphatic rings. The van der Waals surface area contributed by atoms with Gasteiger partial charge in [0.25, 0.3) is 0 Å². The van der Waals surface area contributed by atoms with E-state index in [1.807, 2.05) is 7.05 Å². The lowest BCUT2D eigenvalue weighted by molar-refractivity contribution is 0.456. The van der Waals surface area contributed by atoms with Crippen molar-refractivity contribution in [3.63, 3.8) is 0 Å². The van der Waals surface area contributed by atoms with E-state index in [1.165, 1.54) is 18.3 Å². The second-order valence-electron chi connectivity index (χ2n) is 3.55. The topological polar surface area (TPSA) is 47.0 Å². The maximum Gasteiger partial charge on any atom is 0.237 e. The van der Waals surface area contributed by atoms with Gasteiger partial charge in [0.15, 0.2) is 0 Å². The van der Waals surface area contributed by atoms with Crippen molar-refractivity contribution in [2.24, 2.45) is 0 Å². The first-order valence-electron chi connectivity index (χ1n) is 5.27. The first kappa shape index (κ1) is 12.9. The third kappa shape index (κ3) is 3.24. The number of hydrogen-bond acceptors (Lipinski definition) is 4. The third-order valence-corrected chi connectivity index (χ3v) is 2.76. The lowest BCUT2D eigenvalue weighted by Crippen LogP contribution is -2.07. The Balaban J connectivity index is 2.10. The Morgan fingerprint density at radius 2 is 2.17 bits per heavy atom. The fraction of sp³-hybridized carbons (Fsp3) is 0.167. The van der Waals surface area contributed by atoms with E-state index in [1.54, 1.807) is 12.3 Å². The predicted molar refractivity (Wildman–Crippen MR) is 69.0 cm³/mol. The molecule has 1 heterocycles. The zero-order valence-corrected chi connectivity index (χ0v) is 11.2. The smallest absolute Gasteiger partial charge is 0.237 e. The summed E-state index contributed by atoms with van der Waals surface area (Å²) in [6.07, 6.45) is 3.16. The number of nitrogens with one attached hydrogen (secondary N) is 1. The zero-order chi connectivity index (χ0) is 13.0. The summed E-state index contributed by atoms with van der Waals surface area (Å²) in [6.45, 7) is 0.648. The Kier molecular flexibility index (Phi) is 4.22. The summed E-state index contributed by atoms with van der Waals surface area (Å²) < 4.78 is 18.8. The quantitative estimate of drug-likeness (QED) is 0.943. The molecule has 0 atom stereocenters. The normalized spacial score (nSPS) is 10.4. The second-order valence-corrected chi connectivity index (χ2v) is 4.41. The largest absolute Gasteiger partial charge is 0.437 e. The van der Waals surface area contributed by atoms with Crippen molar-refractivity contribution >= 4 is 15.9 Å². The number of nitrogens with zero attached hydrogens (tertiary/aromatic N) is 2. The number of rotatable bonds is 4. The van der Waals surface area contributed by atoms with Crippen molar-refractivity contribution in [2.45, 2.75) is 6.54 Å². The van der Waals surface area contributed by atoms with Crippen molar-refractivity contribution in [1.29, 1.82) is 0 Å². The van der Waals surface area contributed by atoms with Crippen LogP contribution in [0.25, 0.3) is 0 Å². The Bertz CT molecular complexity index is 533. The number of hydrogen-bond donors (Lipinski definition) is 1. The van der Waals surface area contributed by atoms with Crippen LogP contribution in [0.1, 0.15) is 5.69 Å². The second kappa shape index (κ2) is 5.88. The summed E-state index contributed by atoms with van der Waals surface area (Å²) in [5.74, 6) is 0.533. The van der Waals surface area contributed by atoms with E-state index in [2.05, 4.69) is 31.2 Å². The van der Waals surface area contributed by atoms with Crippen LogP contribution in [0.3, 0.4) is 0 Å². The van der Waals surface area contributed by atoms with Gasteiger partial charge in [0.05, 0.1) is 22.6 Å². The molecular formula is C12H11BrFN3O. The van der Waals surface area contributed by atoms with Crippen LogP contribution >= 0.6 is 15.9 Å². The lowest BCUT2D eigenvalue weighted by Gasteiger charge is -2.05. The van der Waals surface area contributed by atoms with Crippen LogP contribution in [-0.2, 0) is 6.54 Å². The van der Waals surface area contributed by atoms with E-state index in [9.17, 15) is 4.39 Å². The monoisotopic (exact) mass is 311 g/mol. The highest BCUT2D eigenvalue weighted by molar-refractivity contribution is 9.10. The van der Waals surface area contributed by atoms with Gasteiger partial charge in [-0.1, -0.05) is 0 Å². The molecule has 0 spiro atoms. The van der Waals surface area contributed by atoms with Crippen molar-refractivity contribution in [2.75, 3.05) is 7.05 Å². The van der Waals surface area contributed by atoms with E-state index in [4.69, 9.17) is 4.74 Å². The molecule has 1 aromatic carbocycles. The van der Waals surface area contributed by atoms with Crippen LogP contribution in [0, 0.1) is 5.82 Å². The van der Waals surface area contributed by atoms with E-state index >= 15 is 0 Å². The number of aromatic nitrogens is 2. The van der Waals surface area contributed by atoms with Crippen molar-refractivity contribution in [3.05, 3.63) is 46.6 Å². The van der Waals surface area contributed by atoms with Gasteiger partial charge in [-0.3, -0.25) is 4.98 Å². The average molecular weight is 312 g/mol. The van der Waals surface area contributed by atoms with Crippen molar-refractivity contribution < 1.29 is 9.13 Å². The van der Waals surface area contributed by atoms with E-state index in [0.717, 1.165) is 5.69 Å². The SMILES string of the molecule is CNCc1cnc(Oc2ccc(F)c(Br)c2)cn1.